The van der Waals surface area contributed by atoms with Gasteiger partial charge in [-0.15, -0.1) is 0 Å². The Morgan fingerprint density at radius 1 is 0.419 bits per heavy atom. The first kappa shape index (κ1) is 35.3. The zero-order valence-electron chi connectivity index (χ0n) is 20.9. The molecule has 0 aliphatic heterocycles. The van der Waals surface area contributed by atoms with Gasteiger partial charge in [-0.2, -0.15) is 0 Å². The van der Waals surface area contributed by atoms with Gasteiger partial charge < -0.3 is 19.8 Å². The topological polar surface area (TPSA) is 80.3 Å². The summed E-state index contributed by atoms with van der Waals surface area (Å²) in [4.78, 5) is 20.2. The van der Waals surface area contributed by atoms with Gasteiger partial charge in [0.05, 0.1) is 0 Å². The molecule has 0 saturated heterocycles. The second-order valence-corrected chi connectivity index (χ2v) is 8.61. The molecule has 0 fully saturated rings. The molecule has 0 aromatic carbocycles. The molecular formula is C26H50MgO4. The molecule has 0 aliphatic carbocycles. The van der Waals surface area contributed by atoms with Crippen molar-refractivity contribution in [2.75, 3.05) is 0 Å². The van der Waals surface area contributed by atoms with Crippen LogP contribution in [0.1, 0.15) is 155 Å². The summed E-state index contributed by atoms with van der Waals surface area (Å²) in [6, 6.07) is 0. The normalized spacial score (nSPS) is 10.1. The van der Waals surface area contributed by atoms with Crippen molar-refractivity contribution in [3.05, 3.63) is 0 Å². The van der Waals surface area contributed by atoms with Gasteiger partial charge in [0.1, 0.15) is 0 Å². The van der Waals surface area contributed by atoms with Crippen LogP contribution in [-0.2, 0) is 9.59 Å². The molecule has 180 valence electrons. The van der Waals surface area contributed by atoms with Crippen LogP contribution in [0, 0.1) is 0 Å². The molecule has 0 unspecified atom stereocenters. The van der Waals surface area contributed by atoms with Crippen LogP contribution in [0.5, 0.6) is 0 Å². The first-order chi connectivity index (χ1) is 14.5. The van der Waals surface area contributed by atoms with Crippen molar-refractivity contribution in [1.82, 2.24) is 0 Å². The number of carbonyl (C=O) groups excluding carboxylic acids is 2. The first-order valence-corrected chi connectivity index (χ1v) is 12.9. The van der Waals surface area contributed by atoms with Crippen molar-refractivity contribution in [2.45, 2.75) is 155 Å². The first-order valence-electron chi connectivity index (χ1n) is 12.9. The molecular weight excluding hydrogens is 401 g/mol. The smallest absolute Gasteiger partial charge is 0.550 e. The number of hydrogen-bond donors (Lipinski definition) is 0. The van der Waals surface area contributed by atoms with Crippen LogP contribution in [-0.4, -0.2) is 35.0 Å². The van der Waals surface area contributed by atoms with Gasteiger partial charge in [-0.3, -0.25) is 0 Å². The average molecular weight is 451 g/mol. The zero-order chi connectivity index (χ0) is 22.7. The molecule has 0 spiro atoms. The number of carboxylic acids is 2. The molecule has 0 saturated carbocycles. The molecule has 0 rings (SSSR count). The van der Waals surface area contributed by atoms with Crippen molar-refractivity contribution in [2.24, 2.45) is 0 Å². The molecule has 0 heterocycles. The molecule has 0 atom stereocenters. The molecule has 0 bridgehead atoms. The third-order valence-corrected chi connectivity index (χ3v) is 5.47. The Kier molecular flexibility index (Phi) is 36.3. The van der Waals surface area contributed by atoms with Crippen molar-refractivity contribution in [3.63, 3.8) is 0 Å². The summed E-state index contributed by atoms with van der Waals surface area (Å²) in [7, 11) is 0. The molecule has 0 amide bonds. The van der Waals surface area contributed by atoms with Gasteiger partial charge in [0.2, 0.25) is 0 Å². The summed E-state index contributed by atoms with van der Waals surface area (Å²) < 4.78 is 0. The third-order valence-electron chi connectivity index (χ3n) is 5.47. The third kappa shape index (κ3) is 40.6. The van der Waals surface area contributed by atoms with Crippen LogP contribution in [0.3, 0.4) is 0 Å². The van der Waals surface area contributed by atoms with Gasteiger partial charge >= 0.3 is 23.1 Å². The van der Waals surface area contributed by atoms with E-state index < -0.39 is 11.9 Å². The number of carboxylic acid groups (broad SMARTS) is 2. The molecule has 4 nitrogen and oxygen atoms in total. The van der Waals surface area contributed by atoms with Gasteiger partial charge in [0.25, 0.3) is 0 Å². The fraction of sp³-hybridized carbons (Fsp3) is 0.923. The summed E-state index contributed by atoms with van der Waals surface area (Å²) in [6.45, 7) is 4.46. The predicted molar refractivity (Wildman–Crippen MR) is 129 cm³/mol. The number of unbranched alkanes of at least 4 members (excludes halogenated alkanes) is 18. The Labute approximate surface area is 209 Å². The summed E-state index contributed by atoms with van der Waals surface area (Å²) >= 11 is 0. The van der Waals surface area contributed by atoms with Gasteiger partial charge in [-0.25, -0.2) is 0 Å². The molecule has 0 aliphatic rings. The maximum atomic E-state index is 10.1. The number of rotatable bonds is 22. The molecule has 0 N–H and O–H groups in total. The van der Waals surface area contributed by atoms with Crippen molar-refractivity contribution >= 4 is 35.0 Å². The summed E-state index contributed by atoms with van der Waals surface area (Å²) in [5.74, 6) is -1.82. The van der Waals surface area contributed by atoms with Crippen molar-refractivity contribution < 1.29 is 19.8 Å². The van der Waals surface area contributed by atoms with Crippen LogP contribution in [0.15, 0.2) is 0 Å². The minimum Gasteiger partial charge on any atom is -0.550 e. The SMILES string of the molecule is CCCCCCCCCCCC(=O)[O-].CCCCCCCCCCCCCC(=O)[O-].[Mg+2]. The Bertz CT molecular complexity index is 361. The Balaban J connectivity index is -0.000000494. The van der Waals surface area contributed by atoms with Gasteiger partial charge in [-0.1, -0.05) is 129 Å². The van der Waals surface area contributed by atoms with E-state index in [-0.39, 0.29) is 35.9 Å². The fourth-order valence-electron chi connectivity index (χ4n) is 3.51. The van der Waals surface area contributed by atoms with E-state index in [1.165, 1.54) is 103 Å². The molecule has 5 heteroatoms. The Hall–Kier alpha value is -0.294. The van der Waals surface area contributed by atoms with E-state index in [1.807, 2.05) is 0 Å². The van der Waals surface area contributed by atoms with Crippen molar-refractivity contribution in [3.8, 4) is 0 Å². The quantitative estimate of drug-likeness (QED) is 0.156. The average Bonchev–Trinajstić information content (AvgIpc) is 2.71. The largest absolute Gasteiger partial charge is 2.00 e. The maximum absolute atomic E-state index is 10.1. The molecule has 0 radical (unpaired) electrons. The minimum atomic E-state index is -0.909. The van der Waals surface area contributed by atoms with Crippen LogP contribution in [0.4, 0.5) is 0 Å². The molecule has 0 aromatic rings. The number of carbonyl (C=O) groups is 2. The van der Waals surface area contributed by atoms with E-state index in [9.17, 15) is 19.8 Å². The van der Waals surface area contributed by atoms with E-state index in [1.54, 1.807) is 0 Å². The van der Waals surface area contributed by atoms with Crippen LogP contribution in [0.25, 0.3) is 0 Å². The second kappa shape index (κ2) is 31.9. The number of hydrogen-bond acceptors (Lipinski definition) is 4. The van der Waals surface area contributed by atoms with Gasteiger partial charge in [0.15, 0.2) is 0 Å². The van der Waals surface area contributed by atoms with Crippen LogP contribution < -0.4 is 10.2 Å². The zero-order valence-corrected chi connectivity index (χ0v) is 22.3. The van der Waals surface area contributed by atoms with Crippen molar-refractivity contribution in [1.29, 1.82) is 0 Å². The van der Waals surface area contributed by atoms with E-state index in [0.717, 1.165) is 25.7 Å². The second-order valence-electron chi connectivity index (χ2n) is 8.61. The van der Waals surface area contributed by atoms with E-state index in [2.05, 4.69) is 13.8 Å². The van der Waals surface area contributed by atoms with Gasteiger partial charge in [0, 0.05) is 11.9 Å². The minimum absolute atomic E-state index is 0. The maximum Gasteiger partial charge on any atom is 2.00 e. The summed E-state index contributed by atoms with van der Waals surface area (Å²) in [6.07, 6.45) is 25.2. The molecule has 0 aromatic heterocycles. The van der Waals surface area contributed by atoms with E-state index >= 15 is 0 Å². The molecule has 31 heavy (non-hydrogen) atoms. The van der Waals surface area contributed by atoms with E-state index in [0.29, 0.717) is 0 Å². The van der Waals surface area contributed by atoms with Gasteiger partial charge in [-0.05, 0) is 25.7 Å². The Morgan fingerprint density at radius 2 is 0.613 bits per heavy atom. The van der Waals surface area contributed by atoms with Crippen LogP contribution >= 0.6 is 0 Å². The monoisotopic (exact) mass is 450 g/mol. The number of aliphatic carboxylic acids is 2. The predicted octanol–water partition coefficient (Wildman–Crippen LogP) is 5.71. The fourth-order valence-corrected chi connectivity index (χ4v) is 3.51. The standard InChI is InChI=1S/C14H28O2.C12H24O2.Mg/c1-2-3-4-5-6-7-8-9-10-11-12-13-14(15)16;1-2-3-4-5-6-7-8-9-10-11-12(13)14;/h2-13H2,1H3,(H,15,16);2-11H2,1H3,(H,13,14);/q;;+2/p-2. The summed E-state index contributed by atoms with van der Waals surface area (Å²) in [5.41, 5.74) is 0. The van der Waals surface area contributed by atoms with Crippen LogP contribution in [0.2, 0.25) is 0 Å². The summed E-state index contributed by atoms with van der Waals surface area (Å²) in [5, 5.41) is 20.2. The Morgan fingerprint density at radius 3 is 0.806 bits per heavy atom. The van der Waals surface area contributed by atoms with E-state index in [4.69, 9.17) is 0 Å².